The number of nitro groups is 1. The van der Waals surface area contributed by atoms with Crippen molar-refractivity contribution in [3.05, 3.63) is 58.1 Å². The van der Waals surface area contributed by atoms with Crippen LogP contribution in [0.15, 0.2) is 47.5 Å². The first-order valence-corrected chi connectivity index (χ1v) is 6.87. The maximum absolute atomic E-state index is 12.1. The minimum Gasteiger partial charge on any atom is -0.497 e. The van der Waals surface area contributed by atoms with Gasteiger partial charge in [-0.3, -0.25) is 19.9 Å². The van der Waals surface area contributed by atoms with Crippen LogP contribution in [0.1, 0.15) is 12.0 Å². The minimum absolute atomic E-state index is 0.00226. The molecule has 0 atom stereocenters. The van der Waals surface area contributed by atoms with Crippen LogP contribution in [-0.4, -0.2) is 23.7 Å². The topological polar surface area (TPSA) is 93.8 Å². The lowest BCUT2D eigenvalue weighted by Gasteiger charge is -2.06. The van der Waals surface area contributed by atoms with Crippen LogP contribution in [0.3, 0.4) is 0 Å². The van der Waals surface area contributed by atoms with Gasteiger partial charge in [0, 0.05) is 18.2 Å². The fourth-order valence-electron chi connectivity index (χ4n) is 2.31. The molecule has 0 unspecified atom stereocenters. The maximum Gasteiger partial charge on any atom is 0.269 e. The Kier molecular flexibility index (Phi) is 3.76. The second kappa shape index (κ2) is 5.88. The zero-order chi connectivity index (χ0) is 16.4. The van der Waals surface area contributed by atoms with Crippen molar-refractivity contribution >= 4 is 28.7 Å². The van der Waals surface area contributed by atoms with Crippen molar-refractivity contribution in [2.24, 2.45) is 4.99 Å². The molecule has 1 amide bonds. The molecule has 0 saturated carbocycles. The van der Waals surface area contributed by atoms with Gasteiger partial charge in [-0.2, -0.15) is 0 Å². The summed E-state index contributed by atoms with van der Waals surface area (Å²) in [6.45, 7) is 0. The van der Waals surface area contributed by atoms with E-state index in [1.54, 1.807) is 37.4 Å². The number of non-ortho nitro benzene ring substituents is 1. The number of aliphatic imine (C=N–C) groups is 1. The normalized spacial score (nSPS) is 13.4. The van der Waals surface area contributed by atoms with Gasteiger partial charge in [0.25, 0.3) is 5.69 Å². The van der Waals surface area contributed by atoms with Crippen LogP contribution < -0.4 is 10.1 Å². The zero-order valence-electron chi connectivity index (χ0n) is 12.3. The Morgan fingerprint density at radius 1 is 1.22 bits per heavy atom. The lowest BCUT2D eigenvalue weighted by Crippen LogP contribution is -2.15. The molecular weight excluding hydrogens is 298 g/mol. The van der Waals surface area contributed by atoms with E-state index in [-0.39, 0.29) is 18.0 Å². The van der Waals surface area contributed by atoms with E-state index >= 15 is 0 Å². The van der Waals surface area contributed by atoms with Gasteiger partial charge in [-0.1, -0.05) is 0 Å². The van der Waals surface area contributed by atoms with E-state index in [4.69, 9.17) is 4.74 Å². The van der Waals surface area contributed by atoms with E-state index in [9.17, 15) is 14.9 Å². The lowest BCUT2D eigenvalue weighted by atomic mass is 10.1. The summed E-state index contributed by atoms with van der Waals surface area (Å²) in [5, 5.41) is 13.5. The largest absolute Gasteiger partial charge is 0.497 e. The van der Waals surface area contributed by atoms with Crippen molar-refractivity contribution in [3.8, 4) is 5.75 Å². The van der Waals surface area contributed by atoms with Crippen molar-refractivity contribution in [2.75, 3.05) is 12.4 Å². The Hall–Kier alpha value is -3.22. The number of ether oxygens (including phenoxy) is 1. The first-order chi connectivity index (χ1) is 11.1. The molecule has 0 saturated heterocycles. The van der Waals surface area contributed by atoms with Crippen molar-refractivity contribution in [1.29, 1.82) is 0 Å². The van der Waals surface area contributed by atoms with Gasteiger partial charge < -0.3 is 10.1 Å². The molecule has 0 radical (unpaired) electrons. The maximum atomic E-state index is 12.1. The SMILES string of the molecule is COc1ccc2c(c1)NC(=O)CC(c1ccc([N+](=O)[O-])cc1)=N2. The van der Waals surface area contributed by atoms with Gasteiger partial charge in [0.15, 0.2) is 0 Å². The van der Waals surface area contributed by atoms with Crippen LogP contribution >= 0.6 is 0 Å². The van der Waals surface area contributed by atoms with E-state index < -0.39 is 4.92 Å². The summed E-state index contributed by atoms with van der Waals surface area (Å²) >= 11 is 0. The number of carbonyl (C=O) groups excluding carboxylic acids is 1. The molecule has 2 aromatic carbocycles. The highest BCUT2D eigenvalue weighted by Crippen LogP contribution is 2.32. The highest BCUT2D eigenvalue weighted by atomic mass is 16.6. The number of amides is 1. The van der Waals surface area contributed by atoms with Crippen molar-refractivity contribution in [2.45, 2.75) is 6.42 Å². The van der Waals surface area contributed by atoms with Gasteiger partial charge in [0.2, 0.25) is 5.91 Å². The third-order valence-corrected chi connectivity index (χ3v) is 3.47. The number of hydrogen-bond acceptors (Lipinski definition) is 5. The van der Waals surface area contributed by atoms with Crippen molar-refractivity contribution in [1.82, 2.24) is 0 Å². The molecule has 1 aliphatic heterocycles. The number of nitro benzene ring substituents is 1. The highest BCUT2D eigenvalue weighted by Gasteiger charge is 2.18. The van der Waals surface area contributed by atoms with Gasteiger partial charge in [-0.15, -0.1) is 0 Å². The average molecular weight is 311 g/mol. The number of carbonyl (C=O) groups is 1. The van der Waals surface area contributed by atoms with E-state index in [1.165, 1.54) is 12.1 Å². The summed E-state index contributed by atoms with van der Waals surface area (Å²) in [4.78, 5) is 26.8. The number of nitrogens with zero attached hydrogens (tertiary/aromatic N) is 2. The molecule has 1 heterocycles. The predicted molar refractivity (Wildman–Crippen MR) is 85.5 cm³/mol. The van der Waals surface area contributed by atoms with E-state index in [0.717, 1.165) is 0 Å². The lowest BCUT2D eigenvalue weighted by molar-refractivity contribution is -0.384. The molecule has 2 aromatic rings. The van der Waals surface area contributed by atoms with Gasteiger partial charge in [-0.25, -0.2) is 0 Å². The minimum atomic E-state index is -0.465. The Balaban J connectivity index is 2.02. The second-order valence-corrected chi connectivity index (χ2v) is 4.97. The monoisotopic (exact) mass is 311 g/mol. The molecule has 0 aromatic heterocycles. The summed E-state index contributed by atoms with van der Waals surface area (Å²) in [5.74, 6) is 0.423. The number of nitrogens with one attached hydrogen (secondary N) is 1. The molecule has 0 bridgehead atoms. The Bertz CT molecular complexity index is 813. The van der Waals surface area contributed by atoms with Crippen molar-refractivity contribution in [3.63, 3.8) is 0 Å². The van der Waals surface area contributed by atoms with Gasteiger partial charge >= 0.3 is 0 Å². The zero-order valence-corrected chi connectivity index (χ0v) is 12.3. The summed E-state index contributed by atoms with van der Waals surface area (Å²) < 4.78 is 5.14. The van der Waals surface area contributed by atoms with Crippen molar-refractivity contribution < 1.29 is 14.5 Å². The quantitative estimate of drug-likeness (QED) is 0.696. The second-order valence-electron chi connectivity index (χ2n) is 4.97. The molecule has 116 valence electrons. The number of fused-ring (bicyclic) bond motifs is 1. The molecule has 0 spiro atoms. The number of rotatable bonds is 3. The fourth-order valence-corrected chi connectivity index (χ4v) is 2.31. The number of anilines is 1. The molecule has 7 heteroatoms. The third kappa shape index (κ3) is 3.03. The Labute approximate surface area is 131 Å². The Morgan fingerprint density at radius 2 is 1.96 bits per heavy atom. The molecule has 23 heavy (non-hydrogen) atoms. The summed E-state index contributed by atoms with van der Waals surface area (Å²) in [6, 6.07) is 11.2. The first-order valence-electron chi connectivity index (χ1n) is 6.87. The molecule has 0 fully saturated rings. The average Bonchev–Trinajstić information content (AvgIpc) is 2.72. The molecule has 1 N–H and O–H groups in total. The van der Waals surface area contributed by atoms with Gasteiger partial charge in [0.1, 0.15) is 5.75 Å². The molecule has 3 rings (SSSR count). The van der Waals surface area contributed by atoms with E-state index in [1.807, 2.05) is 0 Å². The summed E-state index contributed by atoms with van der Waals surface area (Å²) in [5.41, 5.74) is 2.42. The predicted octanol–water partition coefficient (Wildman–Crippen LogP) is 3.07. The summed E-state index contributed by atoms with van der Waals surface area (Å²) in [6.07, 6.45) is 0.0921. The van der Waals surface area contributed by atoms with E-state index in [2.05, 4.69) is 10.3 Å². The number of benzene rings is 2. The molecular formula is C16H13N3O4. The molecule has 7 nitrogen and oxygen atoms in total. The Morgan fingerprint density at radius 3 is 2.61 bits per heavy atom. The summed E-state index contributed by atoms with van der Waals surface area (Å²) in [7, 11) is 1.55. The van der Waals surface area contributed by atoms with Crippen LogP contribution in [-0.2, 0) is 4.79 Å². The van der Waals surface area contributed by atoms with Crippen LogP contribution in [0.5, 0.6) is 5.75 Å². The van der Waals surface area contributed by atoms with Gasteiger partial charge in [-0.05, 0) is 29.8 Å². The van der Waals surface area contributed by atoms with Crippen LogP contribution in [0.4, 0.5) is 17.1 Å². The standard InChI is InChI=1S/C16H13N3O4/c1-23-12-6-7-13-15(8-12)18-16(20)9-14(17-13)10-2-4-11(5-3-10)19(21)22/h2-8H,9H2,1H3,(H,18,20). The number of methoxy groups -OCH3 is 1. The molecule has 1 aliphatic rings. The number of hydrogen-bond donors (Lipinski definition) is 1. The highest BCUT2D eigenvalue weighted by molar-refractivity contribution is 6.17. The third-order valence-electron chi connectivity index (χ3n) is 3.47. The first kappa shape index (κ1) is 14.7. The van der Waals surface area contributed by atoms with E-state index in [0.29, 0.717) is 28.4 Å². The molecule has 0 aliphatic carbocycles. The van der Waals surface area contributed by atoms with Gasteiger partial charge in [0.05, 0.1) is 35.5 Å². The van der Waals surface area contributed by atoms with Crippen LogP contribution in [0.25, 0.3) is 0 Å². The smallest absolute Gasteiger partial charge is 0.269 e. The van der Waals surface area contributed by atoms with Crippen LogP contribution in [0.2, 0.25) is 0 Å². The van der Waals surface area contributed by atoms with Crippen LogP contribution in [0, 0.1) is 10.1 Å². The fraction of sp³-hybridized carbons (Fsp3) is 0.125.